The third kappa shape index (κ3) is 8.36. The number of hydrogen-bond acceptors (Lipinski definition) is 3. The first kappa shape index (κ1) is 21.8. The Morgan fingerprint density at radius 2 is 1.48 bits per heavy atom. The molecule has 0 saturated heterocycles. The first-order chi connectivity index (χ1) is 13.2. The van der Waals surface area contributed by atoms with Gasteiger partial charge in [0.05, 0.1) is 18.8 Å². The molecule has 0 amide bonds. The summed E-state index contributed by atoms with van der Waals surface area (Å²) in [7, 11) is 0. The molecular weight excluding hydrogens is 336 g/mol. The molecule has 27 heavy (non-hydrogen) atoms. The van der Waals surface area contributed by atoms with Gasteiger partial charge in [-0.25, -0.2) is 4.79 Å². The molecule has 1 saturated carbocycles. The number of benzene rings is 1. The van der Waals surface area contributed by atoms with Crippen LogP contribution in [0, 0.1) is 11.8 Å². The first-order valence-corrected chi connectivity index (χ1v) is 11.1. The number of ether oxygens (including phenoxy) is 2. The van der Waals surface area contributed by atoms with Gasteiger partial charge in [-0.3, -0.25) is 0 Å². The average molecular weight is 375 g/mol. The summed E-state index contributed by atoms with van der Waals surface area (Å²) < 4.78 is 11.0. The largest absolute Gasteiger partial charge is 0.494 e. The van der Waals surface area contributed by atoms with Gasteiger partial charge in [0.15, 0.2) is 0 Å². The van der Waals surface area contributed by atoms with E-state index in [1.54, 1.807) is 12.1 Å². The molecule has 1 aromatic rings. The normalized spacial score (nSPS) is 19.6. The maximum Gasteiger partial charge on any atom is 0.338 e. The van der Waals surface area contributed by atoms with Gasteiger partial charge in [-0.2, -0.15) is 0 Å². The molecule has 0 unspecified atom stereocenters. The molecule has 0 bridgehead atoms. The van der Waals surface area contributed by atoms with E-state index in [1.165, 1.54) is 57.8 Å². The summed E-state index contributed by atoms with van der Waals surface area (Å²) in [6, 6.07) is 7.30. The lowest BCUT2D eigenvalue weighted by Crippen LogP contribution is -2.15. The van der Waals surface area contributed by atoms with Gasteiger partial charge in [-0.1, -0.05) is 65.2 Å². The lowest BCUT2D eigenvalue weighted by molar-refractivity contribution is 0.0505. The number of rotatable bonds is 12. The maximum atomic E-state index is 11.8. The second-order valence-electron chi connectivity index (χ2n) is 8.03. The molecule has 1 aliphatic carbocycles. The van der Waals surface area contributed by atoms with Crippen molar-refractivity contribution < 1.29 is 14.3 Å². The van der Waals surface area contributed by atoms with E-state index in [1.807, 2.05) is 19.1 Å². The number of hydrogen-bond donors (Lipinski definition) is 0. The van der Waals surface area contributed by atoms with Crippen LogP contribution in [0.25, 0.3) is 0 Å². The Morgan fingerprint density at radius 3 is 2.07 bits per heavy atom. The van der Waals surface area contributed by atoms with Crippen LogP contribution in [-0.2, 0) is 4.74 Å². The van der Waals surface area contributed by atoms with Crippen LogP contribution in [0.15, 0.2) is 24.3 Å². The first-order valence-electron chi connectivity index (χ1n) is 11.1. The van der Waals surface area contributed by atoms with Crippen LogP contribution < -0.4 is 4.74 Å². The van der Waals surface area contributed by atoms with Crippen LogP contribution in [0.4, 0.5) is 0 Å². The van der Waals surface area contributed by atoms with E-state index >= 15 is 0 Å². The van der Waals surface area contributed by atoms with Crippen LogP contribution >= 0.6 is 0 Å². The second-order valence-corrected chi connectivity index (χ2v) is 8.03. The number of unbranched alkanes of at least 4 members (excludes halogenated alkanes) is 2. The maximum absolute atomic E-state index is 11.8. The highest BCUT2D eigenvalue weighted by atomic mass is 16.5. The van der Waals surface area contributed by atoms with Gasteiger partial charge >= 0.3 is 5.97 Å². The third-order valence-corrected chi connectivity index (χ3v) is 5.73. The Morgan fingerprint density at radius 1 is 0.852 bits per heavy atom. The fraction of sp³-hybridized carbons (Fsp3) is 0.708. The monoisotopic (exact) mass is 374 g/mol. The van der Waals surface area contributed by atoms with Crippen molar-refractivity contribution in [1.82, 2.24) is 0 Å². The second kappa shape index (κ2) is 12.8. The summed E-state index contributed by atoms with van der Waals surface area (Å²) in [5.74, 6) is 2.47. The Kier molecular flexibility index (Phi) is 10.3. The van der Waals surface area contributed by atoms with Crippen LogP contribution in [0.5, 0.6) is 5.75 Å². The Bertz CT molecular complexity index is 515. The minimum atomic E-state index is -0.256. The van der Waals surface area contributed by atoms with Crippen LogP contribution in [0.2, 0.25) is 0 Å². The zero-order valence-corrected chi connectivity index (χ0v) is 17.4. The van der Waals surface area contributed by atoms with Crippen LogP contribution in [-0.4, -0.2) is 19.2 Å². The lowest BCUT2D eigenvalue weighted by atomic mass is 9.78. The molecule has 3 nitrogen and oxygen atoms in total. The molecule has 0 spiro atoms. The predicted molar refractivity (Wildman–Crippen MR) is 111 cm³/mol. The smallest absolute Gasteiger partial charge is 0.338 e. The van der Waals surface area contributed by atoms with Gasteiger partial charge in [-0.15, -0.1) is 0 Å². The third-order valence-electron chi connectivity index (χ3n) is 5.73. The number of carbonyl (C=O) groups is 1. The van der Waals surface area contributed by atoms with Crippen molar-refractivity contribution >= 4 is 5.97 Å². The summed E-state index contributed by atoms with van der Waals surface area (Å²) in [5.41, 5.74) is 0.589. The highest BCUT2D eigenvalue weighted by Crippen LogP contribution is 2.34. The standard InChI is InChI=1S/C24H38O3/c1-3-5-6-8-20-10-12-21(13-11-20)9-7-19-26-23-16-14-22(15-17-23)24(25)27-18-4-2/h14-17,20-21H,3-13,18-19H2,1-2H3/t20-,21-. The highest BCUT2D eigenvalue weighted by molar-refractivity contribution is 5.89. The minimum absolute atomic E-state index is 0.256. The quantitative estimate of drug-likeness (QED) is 0.298. The molecule has 2 rings (SSSR count). The average Bonchev–Trinajstić information content (AvgIpc) is 2.71. The van der Waals surface area contributed by atoms with E-state index < -0.39 is 0 Å². The molecule has 1 fully saturated rings. The van der Waals surface area contributed by atoms with E-state index in [-0.39, 0.29) is 5.97 Å². The summed E-state index contributed by atoms with van der Waals surface area (Å²) in [5, 5.41) is 0. The van der Waals surface area contributed by atoms with Crippen molar-refractivity contribution in [3.05, 3.63) is 29.8 Å². The molecule has 152 valence electrons. The highest BCUT2D eigenvalue weighted by Gasteiger charge is 2.20. The van der Waals surface area contributed by atoms with Gasteiger partial charge in [0.2, 0.25) is 0 Å². The molecule has 0 N–H and O–H groups in total. The molecule has 3 heteroatoms. The summed E-state index contributed by atoms with van der Waals surface area (Å²) >= 11 is 0. The van der Waals surface area contributed by atoms with Gasteiger partial charge in [-0.05, 0) is 55.4 Å². The van der Waals surface area contributed by atoms with Crippen molar-refractivity contribution in [2.45, 2.75) is 84.5 Å². The van der Waals surface area contributed by atoms with Crippen LogP contribution in [0.3, 0.4) is 0 Å². The fourth-order valence-electron chi connectivity index (χ4n) is 4.02. The van der Waals surface area contributed by atoms with Gasteiger partial charge in [0.1, 0.15) is 5.75 Å². The van der Waals surface area contributed by atoms with Crippen LogP contribution in [0.1, 0.15) is 94.8 Å². The molecule has 0 aliphatic heterocycles. The summed E-state index contributed by atoms with van der Waals surface area (Å²) in [6.07, 6.45) is 14.5. The van der Waals surface area contributed by atoms with Crippen molar-refractivity contribution in [3.8, 4) is 5.75 Å². The lowest BCUT2D eigenvalue weighted by Gasteiger charge is -2.28. The minimum Gasteiger partial charge on any atom is -0.494 e. The van der Waals surface area contributed by atoms with E-state index in [0.29, 0.717) is 12.2 Å². The van der Waals surface area contributed by atoms with Gasteiger partial charge in [0.25, 0.3) is 0 Å². The van der Waals surface area contributed by atoms with E-state index in [9.17, 15) is 4.79 Å². The summed E-state index contributed by atoms with van der Waals surface area (Å²) in [6.45, 7) is 5.51. The molecule has 0 radical (unpaired) electrons. The zero-order chi connectivity index (χ0) is 19.3. The van der Waals surface area contributed by atoms with E-state index in [0.717, 1.165) is 37.0 Å². The van der Waals surface area contributed by atoms with Crippen molar-refractivity contribution in [2.75, 3.05) is 13.2 Å². The van der Waals surface area contributed by atoms with Gasteiger partial charge < -0.3 is 9.47 Å². The molecule has 1 aliphatic rings. The van der Waals surface area contributed by atoms with Crippen molar-refractivity contribution in [2.24, 2.45) is 11.8 Å². The molecule has 0 heterocycles. The molecule has 1 aromatic carbocycles. The Labute approximate surface area is 165 Å². The molecular formula is C24H38O3. The summed E-state index contributed by atoms with van der Waals surface area (Å²) in [4.78, 5) is 11.8. The number of esters is 1. The van der Waals surface area contributed by atoms with Gasteiger partial charge in [0, 0.05) is 0 Å². The Hall–Kier alpha value is -1.51. The van der Waals surface area contributed by atoms with Crippen molar-refractivity contribution in [1.29, 1.82) is 0 Å². The topological polar surface area (TPSA) is 35.5 Å². The molecule has 0 aromatic heterocycles. The van der Waals surface area contributed by atoms with E-state index in [2.05, 4.69) is 6.92 Å². The Balaban J connectivity index is 1.57. The predicted octanol–water partition coefficient (Wildman–Crippen LogP) is 6.80. The van der Waals surface area contributed by atoms with E-state index in [4.69, 9.17) is 9.47 Å². The molecule has 0 atom stereocenters. The SMILES string of the molecule is CCCCC[C@H]1CC[C@H](CCCOc2ccc(C(=O)OCCC)cc2)CC1. The number of carbonyl (C=O) groups excluding carboxylic acids is 1. The van der Waals surface area contributed by atoms with Crippen molar-refractivity contribution in [3.63, 3.8) is 0 Å². The fourth-order valence-corrected chi connectivity index (χ4v) is 4.02. The zero-order valence-electron chi connectivity index (χ0n) is 17.4.